The van der Waals surface area contributed by atoms with Crippen LogP contribution in [0.3, 0.4) is 0 Å². The quantitative estimate of drug-likeness (QED) is 0.620. The molecular weight excluding hydrogens is 152 g/mol. The maximum absolute atomic E-state index is 11.4. The van der Waals surface area contributed by atoms with Gasteiger partial charge >= 0.3 is 6.03 Å². The van der Waals surface area contributed by atoms with Gasteiger partial charge in [0, 0.05) is 19.1 Å². The van der Waals surface area contributed by atoms with E-state index in [-0.39, 0.29) is 12.1 Å². The SMILES string of the molecule is C=CC(C)NC(=O)N1CCCC1. The summed E-state index contributed by atoms with van der Waals surface area (Å²) in [5.41, 5.74) is 0. The van der Waals surface area contributed by atoms with Gasteiger partial charge in [-0.25, -0.2) is 4.79 Å². The second-order valence-electron chi connectivity index (χ2n) is 3.17. The average Bonchev–Trinajstić information content (AvgIpc) is 2.56. The van der Waals surface area contributed by atoms with Crippen molar-refractivity contribution in [1.29, 1.82) is 0 Å². The number of hydrogen-bond donors (Lipinski definition) is 1. The number of carbonyl (C=O) groups excluding carboxylic acids is 1. The summed E-state index contributed by atoms with van der Waals surface area (Å²) in [5, 5.41) is 2.84. The van der Waals surface area contributed by atoms with Gasteiger partial charge < -0.3 is 10.2 Å². The molecule has 1 atom stereocenters. The first kappa shape index (κ1) is 9.10. The molecule has 1 aliphatic heterocycles. The van der Waals surface area contributed by atoms with Crippen molar-refractivity contribution in [2.75, 3.05) is 13.1 Å². The normalized spacial score (nSPS) is 18.9. The minimum Gasteiger partial charge on any atom is -0.332 e. The summed E-state index contributed by atoms with van der Waals surface area (Å²) in [4.78, 5) is 13.2. The lowest BCUT2D eigenvalue weighted by Crippen LogP contribution is -2.41. The molecule has 1 unspecified atom stereocenters. The third-order valence-electron chi connectivity index (χ3n) is 2.10. The van der Waals surface area contributed by atoms with E-state index < -0.39 is 0 Å². The Kier molecular flexibility index (Phi) is 3.14. The third-order valence-corrected chi connectivity index (χ3v) is 2.10. The number of carbonyl (C=O) groups is 1. The molecule has 68 valence electrons. The number of nitrogens with zero attached hydrogens (tertiary/aromatic N) is 1. The van der Waals surface area contributed by atoms with Crippen LogP contribution in [0.1, 0.15) is 19.8 Å². The maximum Gasteiger partial charge on any atom is 0.317 e. The zero-order valence-electron chi connectivity index (χ0n) is 7.55. The zero-order chi connectivity index (χ0) is 8.97. The van der Waals surface area contributed by atoms with Crippen molar-refractivity contribution >= 4 is 6.03 Å². The van der Waals surface area contributed by atoms with Crippen molar-refractivity contribution in [3.05, 3.63) is 12.7 Å². The second kappa shape index (κ2) is 4.14. The lowest BCUT2D eigenvalue weighted by Gasteiger charge is -2.18. The van der Waals surface area contributed by atoms with Gasteiger partial charge in [-0.05, 0) is 19.8 Å². The van der Waals surface area contributed by atoms with E-state index in [1.54, 1.807) is 6.08 Å². The Hall–Kier alpha value is -0.990. The molecule has 0 spiro atoms. The first-order valence-corrected chi connectivity index (χ1v) is 4.42. The molecule has 2 amide bonds. The molecular formula is C9H16N2O. The Morgan fingerprint density at radius 1 is 1.58 bits per heavy atom. The highest BCUT2D eigenvalue weighted by molar-refractivity contribution is 5.74. The lowest BCUT2D eigenvalue weighted by molar-refractivity contribution is 0.207. The van der Waals surface area contributed by atoms with Crippen molar-refractivity contribution < 1.29 is 4.79 Å². The van der Waals surface area contributed by atoms with Crippen molar-refractivity contribution in [3.8, 4) is 0 Å². The fourth-order valence-corrected chi connectivity index (χ4v) is 1.27. The van der Waals surface area contributed by atoms with E-state index in [0.717, 1.165) is 25.9 Å². The summed E-state index contributed by atoms with van der Waals surface area (Å²) < 4.78 is 0. The third kappa shape index (κ3) is 2.26. The van der Waals surface area contributed by atoms with Gasteiger partial charge in [0.15, 0.2) is 0 Å². The van der Waals surface area contributed by atoms with E-state index in [1.807, 2.05) is 11.8 Å². The van der Waals surface area contributed by atoms with Gasteiger partial charge in [0.1, 0.15) is 0 Å². The van der Waals surface area contributed by atoms with Crippen LogP contribution in [0.25, 0.3) is 0 Å². The monoisotopic (exact) mass is 168 g/mol. The van der Waals surface area contributed by atoms with Crippen LogP contribution in [0.15, 0.2) is 12.7 Å². The zero-order valence-corrected chi connectivity index (χ0v) is 7.55. The van der Waals surface area contributed by atoms with Crippen LogP contribution >= 0.6 is 0 Å². The molecule has 3 nitrogen and oxygen atoms in total. The molecule has 1 rings (SSSR count). The highest BCUT2D eigenvalue weighted by Crippen LogP contribution is 2.07. The van der Waals surface area contributed by atoms with Crippen molar-refractivity contribution in [2.45, 2.75) is 25.8 Å². The molecule has 0 aromatic rings. The minimum atomic E-state index is 0.0416. The van der Waals surface area contributed by atoms with E-state index in [9.17, 15) is 4.79 Å². The maximum atomic E-state index is 11.4. The molecule has 1 saturated heterocycles. The highest BCUT2D eigenvalue weighted by atomic mass is 16.2. The van der Waals surface area contributed by atoms with Crippen LogP contribution < -0.4 is 5.32 Å². The van der Waals surface area contributed by atoms with Crippen LogP contribution in [0, 0.1) is 0 Å². The molecule has 12 heavy (non-hydrogen) atoms. The van der Waals surface area contributed by atoms with E-state index in [2.05, 4.69) is 11.9 Å². The first-order valence-electron chi connectivity index (χ1n) is 4.42. The fraction of sp³-hybridized carbons (Fsp3) is 0.667. The van der Waals surface area contributed by atoms with Crippen LogP contribution in [0.5, 0.6) is 0 Å². The molecule has 0 radical (unpaired) electrons. The van der Waals surface area contributed by atoms with Gasteiger partial charge in [-0.15, -0.1) is 6.58 Å². The number of amides is 2. The number of nitrogens with one attached hydrogen (secondary N) is 1. The molecule has 1 heterocycles. The van der Waals surface area contributed by atoms with Crippen LogP contribution in [0.4, 0.5) is 4.79 Å². The smallest absolute Gasteiger partial charge is 0.317 e. The summed E-state index contributed by atoms with van der Waals surface area (Å²) in [5.74, 6) is 0. The Labute approximate surface area is 73.4 Å². The van der Waals surface area contributed by atoms with Crippen molar-refractivity contribution in [1.82, 2.24) is 10.2 Å². The van der Waals surface area contributed by atoms with Gasteiger partial charge in [-0.1, -0.05) is 6.08 Å². The van der Waals surface area contributed by atoms with E-state index in [1.165, 1.54) is 0 Å². The molecule has 1 fully saturated rings. The summed E-state index contributed by atoms with van der Waals surface area (Å²) in [6.07, 6.45) is 4.00. The van der Waals surface area contributed by atoms with Crippen molar-refractivity contribution in [3.63, 3.8) is 0 Å². The minimum absolute atomic E-state index is 0.0416. The van der Waals surface area contributed by atoms with Gasteiger partial charge in [-0.2, -0.15) is 0 Å². The van der Waals surface area contributed by atoms with E-state index in [0.29, 0.717) is 0 Å². The second-order valence-corrected chi connectivity index (χ2v) is 3.17. The van der Waals surface area contributed by atoms with E-state index >= 15 is 0 Å². The van der Waals surface area contributed by atoms with E-state index in [4.69, 9.17) is 0 Å². The Morgan fingerprint density at radius 3 is 2.67 bits per heavy atom. The Morgan fingerprint density at radius 2 is 2.17 bits per heavy atom. The summed E-state index contributed by atoms with van der Waals surface area (Å²) in [7, 11) is 0. The molecule has 3 heteroatoms. The lowest BCUT2D eigenvalue weighted by atomic mass is 10.3. The Bertz CT molecular complexity index is 173. The van der Waals surface area contributed by atoms with Crippen LogP contribution in [-0.4, -0.2) is 30.1 Å². The largest absolute Gasteiger partial charge is 0.332 e. The van der Waals surface area contributed by atoms with Crippen molar-refractivity contribution in [2.24, 2.45) is 0 Å². The predicted octanol–water partition coefficient (Wildman–Crippen LogP) is 1.37. The molecule has 0 bridgehead atoms. The van der Waals surface area contributed by atoms with Gasteiger partial charge in [0.05, 0.1) is 0 Å². The highest BCUT2D eigenvalue weighted by Gasteiger charge is 2.17. The predicted molar refractivity (Wildman–Crippen MR) is 49.0 cm³/mol. The summed E-state index contributed by atoms with van der Waals surface area (Å²) in [6.45, 7) is 7.32. The van der Waals surface area contributed by atoms with Crippen LogP contribution in [0.2, 0.25) is 0 Å². The topological polar surface area (TPSA) is 32.3 Å². The molecule has 0 aliphatic carbocycles. The Balaban J connectivity index is 2.31. The van der Waals surface area contributed by atoms with Gasteiger partial charge in [0.2, 0.25) is 0 Å². The molecule has 1 N–H and O–H groups in total. The molecule has 0 aromatic heterocycles. The number of hydrogen-bond acceptors (Lipinski definition) is 1. The summed E-state index contributed by atoms with van der Waals surface area (Å²) >= 11 is 0. The standard InChI is InChI=1S/C9H16N2O/c1-3-8(2)10-9(12)11-6-4-5-7-11/h3,8H,1,4-7H2,2H3,(H,10,12). The summed E-state index contributed by atoms with van der Waals surface area (Å²) in [6, 6.07) is 0.109. The van der Waals surface area contributed by atoms with Gasteiger partial charge in [-0.3, -0.25) is 0 Å². The van der Waals surface area contributed by atoms with Gasteiger partial charge in [0.25, 0.3) is 0 Å². The first-order chi connectivity index (χ1) is 5.74. The van der Waals surface area contributed by atoms with Crippen LogP contribution in [-0.2, 0) is 0 Å². The average molecular weight is 168 g/mol. The number of urea groups is 1. The number of likely N-dealkylation sites (tertiary alicyclic amines) is 1. The number of rotatable bonds is 2. The molecule has 0 saturated carbocycles. The fourth-order valence-electron chi connectivity index (χ4n) is 1.27. The molecule has 1 aliphatic rings. The molecule has 0 aromatic carbocycles.